The van der Waals surface area contributed by atoms with Gasteiger partial charge in [-0.2, -0.15) is 0 Å². The Labute approximate surface area is 123 Å². The highest BCUT2D eigenvalue weighted by molar-refractivity contribution is 5.75. The minimum absolute atomic E-state index is 0.252. The molecule has 0 bridgehead atoms. The molecule has 1 aromatic rings. The second kappa shape index (κ2) is 6.52. The largest absolute Gasteiger partial charge is 0.481 e. The Morgan fingerprint density at radius 1 is 1.43 bits per heavy atom. The van der Waals surface area contributed by atoms with E-state index in [1.807, 2.05) is 11.8 Å². The average molecular weight is 297 g/mol. The fourth-order valence-electron chi connectivity index (χ4n) is 3.23. The van der Waals surface area contributed by atoms with Crippen LogP contribution in [-0.2, 0) is 11.3 Å². The van der Waals surface area contributed by atoms with Crippen molar-refractivity contribution in [3.8, 4) is 0 Å². The van der Waals surface area contributed by atoms with Crippen molar-refractivity contribution in [1.29, 1.82) is 0 Å². The predicted molar refractivity (Wildman–Crippen MR) is 75.8 cm³/mol. The topological polar surface area (TPSA) is 40.5 Å². The molecule has 0 amide bonds. The Morgan fingerprint density at radius 2 is 2.19 bits per heavy atom. The number of benzene rings is 1. The van der Waals surface area contributed by atoms with Crippen LogP contribution >= 0.6 is 0 Å². The molecular weight excluding hydrogens is 276 g/mol. The monoisotopic (exact) mass is 297 g/mol. The van der Waals surface area contributed by atoms with Crippen LogP contribution in [0.1, 0.15) is 38.2 Å². The first kappa shape index (κ1) is 15.9. The van der Waals surface area contributed by atoms with E-state index in [9.17, 15) is 18.7 Å². The van der Waals surface area contributed by atoms with Gasteiger partial charge >= 0.3 is 5.97 Å². The van der Waals surface area contributed by atoms with Gasteiger partial charge in [0.2, 0.25) is 0 Å². The van der Waals surface area contributed by atoms with Gasteiger partial charge in [0.25, 0.3) is 0 Å². The Balaban J connectivity index is 2.13. The molecular formula is C16H21F2NO2. The summed E-state index contributed by atoms with van der Waals surface area (Å²) in [4.78, 5) is 13.5. The van der Waals surface area contributed by atoms with E-state index < -0.39 is 23.0 Å². The number of carboxylic acids is 1. The van der Waals surface area contributed by atoms with Crippen molar-refractivity contribution in [2.24, 2.45) is 5.41 Å². The average Bonchev–Trinajstić information content (AvgIpc) is 2.43. The molecule has 1 fully saturated rings. The summed E-state index contributed by atoms with van der Waals surface area (Å²) >= 11 is 0. The molecule has 1 aliphatic rings. The smallest absolute Gasteiger partial charge is 0.310 e. The van der Waals surface area contributed by atoms with Crippen molar-refractivity contribution in [2.45, 2.75) is 39.2 Å². The number of halogens is 2. The summed E-state index contributed by atoms with van der Waals surface area (Å²) in [6, 6.07) is 3.39. The molecule has 1 unspecified atom stereocenters. The Kier molecular flexibility index (Phi) is 4.93. The van der Waals surface area contributed by atoms with Crippen molar-refractivity contribution < 1.29 is 18.7 Å². The van der Waals surface area contributed by atoms with Gasteiger partial charge in [0.15, 0.2) is 0 Å². The van der Waals surface area contributed by atoms with Crippen LogP contribution in [-0.4, -0.2) is 29.1 Å². The summed E-state index contributed by atoms with van der Waals surface area (Å²) in [7, 11) is 0. The number of carboxylic acid groups (broad SMARTS) is 1. The summed E-state index contributed by atoms with van der Waals surface area (Å²) in [5.41, 5.74) is -0.468. The summed E-state index contributed by atoms with van der Waals surface area (Å²) in [6.07, 6.45) is 2.83. The lowest BCUT2D eigenvalue weighted by Crippen LogP contribution is -2.47. The van der Waals surface area contributed by atoms with E-state index in [2.05, 4.69) is 0 Å². The van der Waals surface area contributed by atoms with Gasteiger partial charge < -0.3 is 5.11 Å². The quantitative estimate of drug-likeness (QED) is 0.905. The van der Waals surface area contributed by atoms with Crippen LogP contribution in [0.5, 0.6) is 0 Å². The summed E-state index contributed by atoms with van der Waals surface area (Å²) in [5.74, 6) is -1.70. The molecule has 3 nitrogen and oxygen atoms in total. The maximum atomic E-state index is 13.7. The number of piperidine rings is 1. The van der Waals surface area contributed by atoms with Crippen molar-refractivity contribution in [2.75, 3.05) is 13.1 Å². The van der Waals surface area contributed by atoms with Crippen LogP contribution in [0, 0.1) is 17.0 Å². The van der Waals surface area contributed by atoms with Gasteiger partial charge in [0.1, 0.15) is 11.6 Å². The van der Waals surface area contributed by atoms with Crippen LogP contribution < -0.4 is 0 Å². The molecule has 0 radical (unpaired) electrons. The Hall–Kier alpha value is -1.49. The van der Waals surface area contributed by atoms with E-state index in [1.165, 1.54) is 6.07 Å². The highest BCUT2D eigenvalue weighted by Gasteiger charge is 2.41. The Morgan fingerprint density at radius 3 is 2.86 bits per heavy atom. The second-order valence-corrected chi connectivity index (χ2v) is 5.89. The molecule has 1 N–H and O–H groups in total. The third-order valence-corrected chi connectivity index (χ3v) is 4.24. The first-order chi connectivity index (χ1) is 9.97. The molecule has 116 valence electrons. The van der Waals surface area contributed by atoms with E-state index in [0.717, 1.165) is 25.0 Å². The van der Waals surface area contributed by atoms with Gasteiger partial charge in [-0.25, -0.2) is 8.78 Å². The number of rotatable bonds is 5. The molecule has 2 rings (SSSR count). The SMILES string of the molecule is CCCC1(C(=O)O)CCCN(Cc2cc(F)ccc2F)C1. The normalized spacial score (nSPS) is 23.2. The zero-order valence-corrected chi connectivity index (χ0v) is 12.2. The van der Waals surface area contributed by atoms with E-state index in [4.69, 9.17) is 0 Å². The van der Waals surface area contributed by atoms with Gasteiger partial charge in [-0.3, -0.25) is 9.69 Å². The predicted octanol–water partition coefficient (Wildman–Crippen LogP) is 3.43. The maximum Gasteiger partial charge on any atom is 0.310 e. The third-order valence-electron chi connectivity index (χ3n) is 4.24. The van der Waals surface area contributed by atoms with E-state index in [0.29, 0.717) is 25.9 Å². The zero-order valence-electron chi connectivity index (χ0n) is 12.2. The standard InChI is InChI=1S/C16H21F2NO2/c1-2-6-16(15(20)21)7-3-8-19(11-16)10-12-9-13(17)4-5-14(12)18/h4-5,9H,2-3,6-8,10-11H2,1H3,(H,20,21). The molecule has 5 heteroatoms. The number of aliphatic carboxylic acids is 1. The van der Waals surface area contributed by atoms with Gasteiger partial charge in [0, 0.05) is 18.7 Å². The molecule has 1 heterocycles. The highest BCUT2D eigenvalue weighted by Crippen LogP contribution is 2.35. The number of likely N-dealkylation sites (tertiary alicyclic amines) is 1. The lowest BCUT2D eigenvalue weighted by Gasteiger charge is -2.40. The van der Waals surface area contributed by atoms with Crippen molar-refractivity contribution in [3.05, 3.63) is 35.4 Å². The summed E-state index contributed by atoms with van der Waals surface area (Å²) < 4.78 is 26.9. The van der Waals surface area contributed by atoms with E-state index in [1.54, 1.807) is 0 Å². The minimum Gasteiger partial charge on any atom is -0.481 e. The van der Waals surface area contributed by atoms with Gasteiger partial charge in [-0.05, 0) is 44.0 Å². The molecule has 0 aromatic heterocycles. The summed E-state index contributed by atoms with van der Waals surface area (Å²) in [6.45, 7) is 3.33. The number of hydrogen-bond donors (Lipinski definition) is 1. The summed E-state index contributed by atoms with van der Waals surface area (Å²) in [5, 5.41) is 9.54. The van der Waals surface area contributed by atoms with Crippen LogP contribution in [0.4, 0.5) is 8.78 Å². The number of hydrogen-bond acceptors (Lipinski definition) is 2. The minimum atomic E-state index is -0.784. The lowest BCUT2D eigenvalue weighted by atomic mass is 9.76. The first-order valence-corrected chi connectivity index (χ1v) is 7.36. The molecule has 1 aliphatic heterocycles. The van der Waals surface area contributed by atoms with E-state index >= 15 is 0 Å². The number of carbonyl (C=O) groups is 1. The van der Waals surface area contributed by atoms with Crippen molar-refractivity contribution >= 4 is 5.97 Å². The number of nitrogens with zero attached hydrogens (tertiary/aromatic N) is 1. The first-order valence-electron chi connectivity index (χ1n) is 7.36. The molecule has 0 spiro atoms. The van der Waals surface area contributed by atoms with Crippen molar-refractivity contribution in [3.63, 3.8) is 0 Å². The van der Waals surface area contributed by atoms with Crippen LogP contribution in [0.25, 0.3) is 0 Å². The molecule has 0 saturated carbocycles. The van der Waals surface area contributed by atoms with Crippen molar-refractivity contribution in [1.82, 2.24) is 4.90 Å². The second-order valence-electron chi connectivity index (χ2n) is 5.89. The fraction of sp³-hybridized carbons (Fsp3) is 0.562. The van der Waals surface area contributed by atoms with Crippen LogP contribution in [0.15, 0.2) is 18.2 Å². The molecule has 0 aliphatic carbocycles. The third kappa shape index (κ3) is 3.59. The molecule has 1 aromatic carbocycles. The highest BCUT2D eigenvalue weighted by atomic mass is 19.1. The molecule has 1 atom stereocenters. The molecule has 1 saturated heterocycles. The van der Waals surface area contributed by atoms with Crippen LogP contribution in [0.2, 0.25) is 0 Å². The zero-order chi connectivity index (χ0) is 15.5. The van der Waals surface area contributed by atoms with E-state index in [-0.39, 0.29) is 12.1 Å². The Bertz CT molecular complexity index is 517. The lowest BCUT2D eigenvalue weighted by molar-refractivity contribution is -0.153. The molecule has 21 heavy (non-hydrogen) atoms. The fourth-order valence-corrected chi connectivity index (χ4v) is 3.23. The van der Waals surface area contributed by atoms with Crippen LogP contribution in [0.3, 0.4) is 0 Å². The van der Waals surface area contributed by atoms with Gasteiger partial charge in [-0.15, -0.1) is 0 Å². The maximum absolute atomic E-state index is 13.7. The van der Waals surface area contributed by atoms with Gasteiger partial charge in [0.05, 0.1) is 5.41 Å². The van der Waals surface area contributed by atoms with Gasteiger partial charge in [-0.1, -0.05) is 13.3 Å².